The molecule has 11 heteroatoms. The van der Waals surface area contributed by atoms with Crippen molar-refractivity contribution in [3.63, 3.8) is 0 Å². The van der Waals surface area contributed by atoms with Crippen LogP contribution in [0.2, 0.25) is 0 Å². The Morgan fingerprint density at radius 1 is 0.900 bits per heavy atom. The van der Waals surface area contributed by atoms with Gasteiger partial charge in [-0.05, 0) is 30.7 Å². The minimum Gasteiger partial charge on any atom is -0.329 e. The van der Waals surface area contributed by atoms with E-state index in [0.717, 1.165) is 12.1 Å². The minimum absolute atomic E-state index is 0.215. The molecule has 0 aliphatic carbocycles. The zero-order chi connectivity index (χ0) is 21.7. The van der Waals surface area contributed by atoms with Crippen molar-refractivity contribution in [2.24, 2.45) is 0 Å². The molecule has 0 amide bonds. The lowest BCUT2D eigenvalue weighted by molar-refractivity contribution is -0.159. The third-order valence-electron chi connectivity index (χ3n) is 4.49. The second-order valence-corrected chi connectivity index (χ2v) is 6.56. The molecule has 4 rings (SSSR count). The Kier molecular flexibility index (Phi) is 4.55. The van der Waals surface area contributed by atoms with Crippen LogP contribution in [0.1, 0.15) is 22.8 Å². The number of halogens is 6. The molecule has 0 spiro atoms. The Morgan fingerprint density at radius 2 is 1.60 bits per heavy atom. The van der Waals surface area contributed by atoms with Gasteiger partial charge < -0.3 is 9.09 Å². The van der Waals surface area contributed by atoms with Gasteiger partial charge in [0, 0.05) is 12.1 Å². The molecule has 0 bridgehead atoms. The molecular weight excluding hydrogens is 414 g/mol. The van der Waals surface area contributed by atoms with Gasteiger partial charge >= 0.3 is 18.2 Å². The van der Waals surface area contributed by atoms with Gasteiger partial charge in [-0.25, -0.2) is 4.98 Å². The number of benzene rings is 2. The van der Waals surface area contributed by atoms with E-state index in [1.54, 1.807) is 23.6 Å². The molecule has 156 valence electrons. The summed E-state index contributed by atoms with van der Waals surface area (Å²) in [5.41, 5.74) is 1.01. The number of nitrogens with zero attached hydrogens (tertiary/aromatic N) is 4. The fourth-order valence-corrected chi connectivity index (χ4v) is 3.02. The zero-order valence-corrected chi connectivity index (χ0v) is 15.2. The number of alkyl halides is 6. The van der Waals surface area contributed by atoms with Crippen LogP contribution in [0.4, 0.5) is 26.3 Å². The smallest absolute Gasteiger partial charge is 0.329 e. The summed E-state index contributed by atoms with van der Waals surface area (Å²) in [6.07, 6.45) is -9.21. The largest absolute Gasteiger partial charge is 0.471 e. The number of imidazole rings is 1. The Labute approximate surface area is 165 Å². The summed E-state index contributed by atoms with van der Waals surface area (Å²) in [6.45, 7) is 1.91. The van der Waals surface area contributed by atoms with Gasteiger partial charge in [0.05, 0.1) is 16.6 Å². The van der Waals surface area contributed by atoms with Crippen LogP contribution in [0.15, 0.2) is 47.0 Å². The normalized spacial score (nSPS) is 12.6. The molecule has 0 N–H and O–H groups in total. The van der Waals surface area contributed by atoms with Crippen LogP contribution in [0.25, 0.3) is 22.4 Å². The Hall–Kier alpha value is -3.37. The Morgan fingerprint density at radius 3 is 2.20 bits per heavy atom. The molecule has 2 heterocycles. The molecule has 0 fully saturated rings. The first kappa shape index (κ1) is 19.9. The van der Waals surface area contributed by atoms with E-state index in [1.807, 2.05) is 0 Å². The fraction of sp³-hybridized carbons (Fsp3) is 0.211. The first-order valence-corrected chi connectivity index (χ1v) is 8.57. The first-order chi connectivity index (χ1) is 14.0. The van der Waals surface area contributed by atoms with Crippen LogP contribution in [-0.2, 0) is 18.9 Å². The first-order valence-electron chi connectivity index (χ1n) is 8.57. The van der Waals surface area contributed by atoms with Crippen molar-refractivity contribution >= 4 is 11.0 Å². The summed E-state index contributed by atoms with van der Waals surface area (Å²) in [7, 11) is 0. The average Bonchev–Trinajstić information content (AvgIpc) is 3.27. The molecule has 2 aromatic carbocycles. The maximum atomic E-state index is 13.0. The number of aryl methyl sites for hydroxylation is 1. The summed E-state index contributed by atoms with van der Waals surface area (Å²) in [6, 6.07) is 9.61. The number of aromatic nitrogens is 4. The Bertz CT molecular complexity index is 1200. The number of hydrogen-bond acceptors (Lipinski definition) is 4. The molecule has 0 atom stereocenters. The van der Waals surface area contributed by atoms with Crippen LogP contribution in [0.3, 0.4) is 0 Å². The standard InChI is InChI=1S/C19H12F6N4O/c1-10-26-14-7-6-13(18(20,21)22)8-15(14)29(10)9-11-2-4-12(5-3-11)16-27-17(30-28-16)19(23,24)25/h2-8H,9H2,1H3. The van der Waals surface area contributed by atoms with E-state index < -0.39 is 23.8 Å². The topological polar surface area (TPSA) is 56.7 Å². The highest BCUT2D eigenvalue weighted by Gasteiger charge is 2.38. The molecule has 0 saturated carbocycles. The van der Waals surface area contributed by atoms with Crippen molar-refractivity contribution in [1.29, 1.82) is 0 Å². The molecule has 0 aliphatic rings. The molecule has 0 radical (unpaired) electrons. The van der Waals surface area contributed by atoms with Crippen LogP contribution in [0.5, 0.6) is 0 Å². The molecular formula is C19H12F6N4O. The third-order valence-corrected chi connectivity index (χ3v) is 4.49. The Balaban J connectivity index is 1.63. The SMILES string of the molecule is Cc1nc2ccc(C(F)(F)F)cc2n1Cc1ccc(-c2noc(C(F)(F)F)n2)cc1. The summed E-state index contributed by atoms with van der Waals surface area (Å²) in [5, 5.41) is 3.32. The monoisotopic (exact) mass is 426 g/mol. The summed E-state index contributed by atoms with van der Waals surface area (Å²) >= 11 is 0. The predicted octanol–water partition coefficient (Wildman–Crippen LogP) is 5.48. The van der Waals surface area contributed by atoms with E-state index in [2.05, 4.69) is 19.6 Å². The van der Waals surface area contributed by atoms with E-state index in [4.69, 9.17) is 0 Å². The van der Waals surface area contributed by atoms with E-state index in [0.29, 0.717) is 28.0 Å². The molecule has 0 aliphatic heterocycles. The lowest BCUT2D eigenvalue weighted by Crippen LogP contribution is -2.06. The van der Waals surface area contributed by atoms with Gasteiger partial charge in [0.25, 0.3) is 0 Å². The van der Waals surface area contributed by atoms with Crippen LogP contribution < -0.4 is 0 Å². The number of hydrogen-bond donors (Lipinski definition) is 0. The van der Waals surface area contributed by atoms with Crippen molar-refractivity contribution in [1.82, 2.24) is 19.7 Å². The second kappa shape index (κ2) is 6.85. The van der Waals surface area contributed by atoms with E-state index >= 15 is 0 Å². The highest BCUT2D eigenvalue weighted by molar-refractivity contribution is 5.77. The fourth-order valence-electron chi connectivity index (χ4n) is 3.02. The summed E-state index contributed by atoms with van der Waals surface area (Å²) < 4.78 is 82.7. The van der Waals surface area contributed by atoms with Gasteiger partial charge in [0.15, 0.2) is 0 Å². The molecule has 30 heavy (non-hydrogen) atoms. The van der Waals surface area contributed by atoms with Gasteiger partial charge in [0.2, 0.25) is 5.82 Å². The number of fused-ring (bicyclic) bond motifs is 1. The molecule has 4 aromatic rings. The van der Waals surface area contributed by atoms with Gasteiger partial charge in [-0.3, -0.25) is 0 Å². The average molecular weight is 426 g/mol. The summed E-state index contributed by atoms with van der Waals surface area (Å²) in [4.78, 5) is 7.60. The van der Waals surface area contributed by atoms with Crippen LogP contribution >= 0.6 is 0 Å². The van der Waals surface area contributed by atoms with Gasteiger partial charge in [0.1, 0.15) is 5.82 Å². The van der Waals surface area contributed by atoms with Gasteiger partial charge in [-0.2, -0.15) is 31.3 Å². The van der Waals surface area contributed by atoms with Crippen molar-refractivity contribution < 1.29 is 30.9 Å². The highest BCUT2D eigenvalue weighted by Crippen LogP contribution is 2.32. The van der Waals surface area contributed by atoms with Gasteiger partial charge in [-0.15, -0.1) is 0 Å². The zero-order valence-electron chi connectivity index (χ0n) is 15.2. The maximum Gasteiger partial charge on any atom is 0.471 e. The van der Waals surface area contributed by atoms with Crippen LogP contribution in [0, 0.1) is 6.92 Å². The highest BCUT2D eigenvalue weighted by atomic mass is 19.4. The van der Waals surface area contributed by atoms with Crippen molar-refractivity contribution in [3.8, 4) is 11.4 Å². The second-order valence-electron chi connectivity index (χ2n) is 6.56. The predicted molar refractivity (Wildman–Crippen MR) is 93.3 cm³/mol. The maximum absolute atomic E-state index is 13.0. The van der Waals surface area contributed by atoms with Crippen molar-refractivity contribution in [2.45, 2.75) is 25.8 Å². The molecule has 0 saturated heterocycles. The van der Waals surface area contributed by atoms with E-state index in [-0.39, 0.29) is 12.4 Å². The molecule has 5 nitrogen and oxygen atoms in total. The lowest BCUT2D eigenvalue weighted by Gasteiger charge is -2.10. The third kappa shape index (κ3) is 3.74. The quantitative estimate of drug-likeness (QED) is 0.407. The molecule has 0 unspecified atom stereocenters. The minimum atomic E-state index is -4.74. The van der Waals surface area contributed by atoms with Gasteiger partial charge in [-0.1, -0.05) is 29.4 Å². The van der Waals surface area contributed by atoms with Crippen molar-refractivity contribution in [3.05, 3.63) is 65.3 Å². The van der Waals surface area contributed by atoms with E-state index in [1.165, 1.54) is 18.2 Å². The van der Waals surface area contributed by atoms with E-state index in [9.17, 15) is 26.3 Å². The van der Waals surface area contributed by atoms with Crippen LogP contribution in [-0.4, -0.2) is 19.7 Å². The number of rotatable bonds is 3. The molecule has 2 aromatic heterocycles. The van der Waals surface area contributed by atoms with Crippen molar-refractivity contribution in [2.75, 3.05) is 0 Å². The lowest BCUT2D eigenvalue weighted by atomic mass is 10.1. The summed E-state index contributed by atoms with van der Waals surface area (Å²) in [5.74, 6) is -1.13.